The standard InChI is InChI=1S/C55H81N13O11/c1-32(2)29-40(54(78)79)64-48(72)42-21-14-28-68(42)53(77)39(31-35-17-9-6-10-18-35)63-46(70)37(23-24-44(57)69)61-47(71)41-20-13-27-67(41)52(76)38(19-11-25-60-55(58)59)62-50(74)45(33(3)4)65-49(73)43-22-12-26-66(43)51(75)36(56)30-34-15-7-5-8-16-34/h5-10,15-18,32-33,36-43,45H,11-14,19-31,56H2,1-4H3,(H2,57,69)(H,61,71)(H,62,74)(H,63,70)(H,64,72)(H,65,73)(H,78,79)(H4,58,59,60)/t36-,37-,38-,39-,40-,41-,42-,43-,45-/m0/s1. The number of benzene rings is 2. The number of rotatable bonds is 28. The first-order chi connectivity index (χ1) is 37.6. The first-order valence-corrected chi connectivity index (χ1v) is 27.4. The van der Waals surface area contributed by atoms with E-state index in [9.17, 15) is 53.1 Å². The summed E-state index contributed by atoms with van der Waals surface area (Å²) in [4.78, 5) is 146. The highest BCUT2D eigenvalue weighted by Gasteiger charge is 2.43. The molecule has 0 aromatic heterocycles. The van der Waals surface area contributed by atoms with Gasteiger partial charge < -0.3 is 69.3 Å². The summed E-state index contributed by atoms with van der Waals surface area (Å²) in [5.74, 6) is -7.89. The molecule has 0 aliphatic carbocycles. The van der Waals surface area contributed by atoms with E-state index in [2.05, 4.69) is 31.6 Å². The minimum atomic E-state index is -1.45. The maximum atomic E-state index is 14.7. The number of carbonyl (C=O) groups excluding carboxylic acids is 9. The van der Waals surface area contributed by atoms with Gasteiger partial charge >= 0.3 is 5.97 Å². The van der Waals surface area contributed by atoms with Gasteiger partial charge in [0.05, 0.1) is 6.04 Å². The highest BCUT2D eigenvalue weighted by molar-refractivity contribution is 5.99. The van der Waals surface area contributed by atoms with Gasteiger partial charge in [0.2, 0.25) is 53.2 Å². The molecule has 0 radical (unpaired) electrons. The highest BCUT2D eigenvalue weighted by Crippen LogP contribution is 2.24. The first kappa shape index (κ1) is 62.2. The summed E-state index contributed by atoms with van der Waals surface area (Å²) in [6.07, 6.45) is 2.04. The fourth-order valence-corrected chi connectivity index (χ4v) is 10.4. The van der Waals surface area contributed by atoms with Crippen molar-refractivity contribution < 1.29 is 53.1 Å². The van der Waals surface area contributed by atoms with E-state index in [4.69, 9.17) is 22.9 Å². The van der Waals surface area contributed by atoms with Crippen molar-refractivity contribution in [2.75, 3.05) is 26.2 Å². The molecule has 9 atom stereocenters. The van der Waals surface area contributed by atoms with Gasteiger partial charge in [-0.1, -0.05) is 88.4 Å². The van der Waals surface area contributed by atoms with E-state index >= 15 is 0 Å². The Morgan fingerprint density at radius 3 is 1.53 bits per heavy atom. The molecule has 24 nitrogen and oxygen atoms in total. The summed E-state index contributed by atoms with van der Waals surface area (Å²) >= 11 is 0. The Balaban J connectivity index is 1.32. The first-order valence-electron chi connectivity index (χ1n) is 27.4. The molecule has 3 aliphatic rings. The molecule has 24 heteroatoms. The van der Waals surface area contributed by atoms with Crippen LogP contribution in [0.3, 0.4) is 0 Å². The molecular weight excluding hydrogens is 1020 g/mol. The third kappa shape index (κ3) is 18.2. The number of nitrogens with one attached hydrogen (secondary N) is 5. The highest BCUT2D eigenvalue weighted by atomic mass is 16.4. The molecule has 3 heterocycles. The molecule has 2 aromatic rings. The second kappa shape index (κ2) is 29.9. The van der Waals surface area contributed by atoms with Crippen LogP contribution in [0.1, 0.15) is 109 Å². The normalized spacial score (nSPS) is 19.3. The van der Waals surface area contributed by atoms with Crippen LogP contribution in [0, 0.1) is 11.8 Å². The Morgan fingerprint density at radius 2 is 1.05 bits per heavy atom. The smallest absolute Gasteiger partial charge is 0.326 e. The van der Waals surface area contributed by atoms with Crippen molar-refractivity contribution in [2.45, 2.75) is 166 Å². The van der Waals surface area contributed by atoms with Crippen LogP contribution in [0.2, 0.25) is 0 Å². The summed E-state index contributed by atoms with van der Waals surface area (Å²) in [7, 11) is 0. The number of carboxylic acids is 1. The minimum absolute atomic E-state index is 0.00720. The van der Waals surface area contributed by atoms with Gasteiger partial charge in [0.1, 0.15) is 48.3 Å². The van der Waals surface area contributed by atoms with Gasteiger partial charge in [0.25, 0.3) is 0 Å². The lowest BCUT2D eigenvalue weighted by molar-refractivity contribution is -0.145. The van der Waals surface area contributed by atoms with Crippen molar-refractivity contribution in [3.8, 4) is 0 Å². The number of carboxylic acid groups (broad SMARTS) is 1. The largest absolute Gasteiger partial charge is 0.480 e. The fourth-order valence-electron chi connectivity index (χ4n) is 10.4. The lowest BCUT2D eigenvalue weighted by Crippen LogP contribution is -2.60. The van der Waals surface area contributed by atoms with Crippen LogP contribution in [0.5, 0.6) is 0 Å². The van der Waals surface area contributed by atoms with Gasteiger partial charge in [0.15, 0.2) is 5.96 Å². The van der Waals surface area contributed by atoms with Crippen molar-refractivity contribution in [3.05, 3.63) is 71.8 Å². The monoisotopic (exact) mass is 1100 g/mol. The summed E-state index contributed by atoms with van der Waals surface area (Å²) in [5, 5.41) is 23.5. The van der Waals surface area contributed by atoms with E-state index < -0.39 is 119 Å². The van der Waals surface area contributed by atoms with E-state index in [0.717, 1.165) is 5.56 Å². The van der Waals surface area contributed by atoms with Gasteiger partial charge in [0, 0.05) is 39.0 Å². The van der Waals surface area contributed by atoms with Crippen molar-refractivity contribution in [2.24, 2.45) is 39.8 Å². The number of likely N-dealkylation sites (tertiary alicyclic amines) is 3. The van der Waals surface area contributed by atoms with E-state index in [1.807, 2.05) is 44.2 Å². The number of carbonyl (C=O) groups is 10. The number of primary amides is 1. The molecule has 5 rings (SSSR count). The third-order valence-electron chi connectivity index (χ3n) is 14.5. The Kier molecular flexibility index (Phi) is 23.6. The van der Waals surface area contributed by atoms with E-state index in [1.165, 1.54) is 14.7 Å². The molecule has 0 bridgehead atoms. The maximum absolute atomic E-state index is 14.7. The lowest BCUT2D eigenvalue weighted by Gasteiger charge is -2.32. The van der Waals surface area contributed by atoms with Crippen LogP contribution in [0.15, 0.2) is 65.7 Å². The van der Waals surface area contributed by atoms with Crippen molar-refractivity contribution in [1.82, 2.24) is 41.3 Å². The fraction of sp³-hybridized carbons (Fsp3) is 0.582. The second-order valence-corrected chi connectivity index (χ2v) is 21.5. The molecule has 3 aliphatic heterocycles. The zero-order valence-corrected chi connectivity index (χ0v) is 45.8. The van der Waals surface area contributed by atoms with Crippen molar-refractivity contribution in [1.29, 1.82) is 0 Å². The predicted molar refractivity (Wildman–Crippen MR) is 292 cm³/mol. The molecule has 432 valence electrons. The minimum Gasteiger partial charge on any atom is -0.480 e. The van der Waals surface area contributed by atoms with E-state index in [-0.39, 0.29) is 89.3 Å². The number of hydrogen-bond donors (Lipinski definition) is 10. The average Bonchev–Trinajstić information content (AvgIpc) is 4.22. The molecule has 3 saturated heterocycles. The van der Waals surface area contributed by atoms with Crippen molar-refractivity contribution >= 4 is 65.1 Å². The van der Waals surface area contributed by atoms with Crippen molar-refractivity contribution in [3.63, 3.8) is 0 Å². The zero-order chi connectivity index (χ0) is 57.9. The summed E-state index contributed by atoms with van der Waals surface area (Å²) < 4.78 is 0. The van der Waals surface area contributed by atoms with E-state index in [0.29, 0.717) is 37.8 Å². The number of nitrogens with two attached hydrogens (primary N) is 4. The van der Waals surface area contributed by atoms with Crippen LogP contribution in [-0.2, 0) is 60.8 Å². The molecule has 9 amide bonds. The second-order valence-electron chi connectivity index (χ2n) is 21.5. The maximum Gasteiger partial charge on any atom is 0.326 e. The molecule has 0 spiro atoms. The zero-order valence-electron chi connectivity index (χ0n) is 45.8. The lowest BCUT2D eigenvalue weighted by atomic mass is 10.0. The SMILES string of the molecule is CC(C)C[C@H](NC(=O)[C@@H]1CCCN1C(=O)[C@H](Cc1ccccc1)NC(=O)[C@H](CCC(N)=O)NC(=O)[C@@H]1CCCN1C(=O)[C@H](CCCN=C(N)N)NC(=O)[C@@H](NC(=O)[C@@H]1CCCN1C(=O)[C@@H](N)Cc1ccccc1)C(C)C)C(=O)O. The molecule has 79 heavy (non-hydrogen) atoms. The molecule has 0 unspecified atom stereocenters. The van der Waals surface area contributed by atoms with Gasteiger partial charge in [-0.25, -0.2) is 4.79 Å². The Bertz CT molecular complexity index is 2490. The molecule has 3 fully saturated rings. The number of nitrogens with zero attached hydrogens (tertiary/aromatic N) is 4. The molecule has 14 N–H and O–H groups in total. The van der Waals surface area contributed by atoms with Crippen LogP contribution < -0.4 is 49.5 Å². The van der Waals surface area contributed by atoms with Crippen LogP contribution in [0.4, 0.5) is 0 Å². The van der Waals surface area contributed by atoms with Crippen LogP contribution >= 0.6 is 0 Å². The summed E-state index contributed by atoms with van der Waals surface area (Å²) in [6, 6.07) is 7.69. The quantitative estimate of drug-likeness (QED) is 0.0286. The van der Waals surface area contributed by atoms with Gasteiger partial charge in [-0.05, 0) is 93.6 Å². The Hall–Kier alpha value is -7.63. The van der Waals surface area contributed by atoms with Gasteiger partial charge in [-0.3, -0.25) is 48.1 Å². The van der Waals surface area contributed by atoms with Gasteiger partial charge in [-0.15, -0.1) is 0 Å². The van der Waals surface area contributed by atoms with Crippen LogP contribution in [-0.4, -0.2) is 165 Å². The molecule has 0 saturated carbocycles. The van der Waals surface area contributed by atoms with Crippen LogP contribution in [0.25, 0.3) is 0 Å². The number of guanidine groups is 1. The summed E-state index contributed by atoms with van der Waals surface area (Å²) in [5.41, 5.74) is 24.5. The predicted octanol–water partition coefficient (Wildman–Crippen LogP) is -0.698. The Labute approximate surface area is 461 Å². The number of amides is 9. The number of hydrogen-bond acceptors (Lipinski definition) is 12. The van der Waals surface area contributed by atoms with E-state index in [1.54, 1.807) is 44.2 Å². The van der Waals surface area contributed by atoms with Gasteiger partial charge in [-0.2, -0.15) is 0 Å². The Morgan fingerprint density at radius 1 is 0.582 bits per heavy atom. The third-order valence-corrected chi connectivity index (χ3v) is 14.5. The molecular formula is C55H81N13O11. The topological polar surface area (TPSA) is 377 Å². The summed E-state index contributed by atoms with van der Waals surface area (Å²) in [6.45, 7) is 7.70. The molecule has 2 aromatic carbocycles. The average molecular weight is 1100 g/mol. The number of aliphatic imine (C=N–C) groups is 1. The number of aliphatic carboxylic acids is 1.